The number of nitrogens with one attached hydrogen (secondary N) is 1. The lowest BCUT2D eigenvalue weighted by atomic mass is 10.2. The van der Waals surface area contributed by atoms with Crippen molar-refractivity contribution in [2.75, 3.05) is 18.0 Å². The fourth-order valence-corrected chi connectivity index (χ4v) is 5.12. The van der Waals surface area contributed by atoms with E-state index in [-0.39, 0.29) is 22.2 Å². The second kappa shape index (κ2) is 10.6. The summed E-state index contributed by atoms with van der Waals surface area (Å²) in [5, 5.41) is 3.03. The average molecular weight is 511 g/mol. The molecule has 1 N–H and O–H groups in total. The molecule has 1 heterocycles. The SMILES string of the molecule is COc1ccc(N(CC(=O)NCc2ccc(-n3ccnc3)cc2)S(=O)(=O)c2ccccc2)cc1Cl. The highest BCUT2D eigenvalue weighted by Gasteiger charge is 2.27. The lowest BCUT2D eigenvalue weighted by Crippen LogP contribution is -2.40. The van der Waals surface area contributed by atoms with Crippen molar-refractivity contribution in [3.63, 3.8) is 0 Å². The maximum atomic E-state index is 13.4. The van der Waals surface area contributed by atoms with Crippen LogP contribution in [0.1, 0.15) is 5.56 Å². The number of methoxy groups -OCH3 is 1. The van der Waals surface area contributed by atoms with Crippen molar-refractivity contribution < 1.29 is 17.9 Å². The van der Waals surface area contributed by atoms with E-state index in [0.717, 1.165) is 15.6 Å². The third kappa shape index (κ3) is 5.64. The predicted octanol–water partition coefficient (Wildman–Crippen LogP) is 4.05. The first-order chi connectivity index (χ1) is 16.9. The van der Waals surface area contributed by atoms with Crippen LogP contribution in [0.2, 0.25) is 5.02 Å². The van der Waals surface area contributed by atoms with Gasteiger partial charge in [0.25, 0.3) is 10.0 Å². The number of imidazole rings is 1. The zero-order chi connectivity index (χ0) is 24.8. The summed E-state index contributed by atoms with van der Waals surface area (Å²) in [6.45, 7) is -0.182. The predicted molar refractivity (Wildman–Crippen MR) is 134 cm³/mol. The van der Waals surface area contributed by atoms with Crippen LogP contribution in [0.5, 0.6) is 5.75 Å². The van der Waals surface area contributed by atoms with Gasteiger partial charge in [-0.05, 0) is 48.0 Å². The molecular weight excluding hydrogens is 488 g/mol. The minimum atomic E-state index is -4.03. The molecule has 0 atom stereocenters. The van der Waals surface area contributed by atoms with Crippen LogP contribution in [0, 0.1) is 0 Å². The first-order valence-electron chi connectivity index (χ1n) is 10.6. The molecular formula is C25H23ClN4O4S. The van der Waals surface area contributed by atoms with Crippen LogP contribution >= 0.6 is 11.6 Å². The van der Waals surface area contributed by atoms with Gasteiger partial charge >= 0.3 is 0 Å². The standard InChI is InChI=1S/C25H23ClN4O4S/c1-34-24-12-11-21(15-23(24)26)30(35(32,33)22-5-3-2-4-6-22)17-25(31)28-16-19-7-9-20(10-8-19)29-14-13-27-18-29/h2-15,18H,16-17H2,1H3,(H,28,31). The summed E-state index contributed by atoms with van der Waals surface area (Å²) in [5.74, 6) is -0.0637. The van der Waals surface area contributed by atoms with Gasteiger partial charge in [-0.2, -0.15) is 0 Å². The maximum Gasteiger partial charge on any atom is 0.264 e. The molecule has 1 amide bonds. The van der Waals surface area contributed by atoms with Crippen molar-refractivity contribution in [2.45, 2.75) is 11.4 Å². The number of ether oxygens (including phenoxy) is 1. The molecule has 10 heteroatoms. The third-order valence-electron chi connectivity index (χ3n) is 5.27. The number of hydrogen-bond donors (Lipinski definition) is 1. The number of aromatic nitrogens is 2. The smallest absolute Gasteiger partial charge is 0.264 e. The normalized spacial score (nSPS) is 11.1. The highest BCUT2D eigenvalue weighted by Crippen LogP contribution is 2.31. The van der Waals surface area contributed by atoms with Gasteiger partial charge in [0.15, 0.2) is 0 Å². The van der Waals surface area contributed by atoms with Crippen molar-refractivity contribution in [3.8, 4) is 11.4 Å². The van der Waals surface area contributed by atoms with E-state index in [0.29, 0.717) is 5.75 Å². The molecule has 0 aliphatic rings. The number of amides is 1. The third-order valence-corrected chi connectivity index (χ3v) is 7.35. The fourth-order valence-electron chi connectivity index (χ4n) is 3.43. The number of rotatable bonds is 9. The van der Waals surface area contributed by atoms with E-state index >= 15 is 0 Å². The number of carbonyl (C=O) groups is 1. The topological polar surface area (TPSA) is 93.5 Å². The van der Waals surface area contributed by atoms with Crippen LogP contribution in [-0.2, 0) is 21.4 Å². The number of hydrogen-bond acceptors (Lipinski definition) is 5. The van der Waals surface area contributed by atoms with E-state index in [4.69, 9.17) is 16.3 Å². The van der Waals surface area contributed by atoms with Gasteiger partial charge in [-0.15, -0.1) is 0 Å². The number of halogens is 1. The molecule has 0 aliphatic carbocycles. The molecule has 0 bridgehead atoms. The van der Waals surface area contributed by atoms with E-state index in [2.05, 4.69) is 10.3 Å². The number of sulfonamides is 1. The molecule has 35 heavy (non-hydrogen) atoms. The summed E-state index contributed by atoms with van der Waals surface area (Å²) in [6.07, 6.45) is 5.23. The van der Waals surface area contributed by atoms with Gasteiger partial charge in [0.05, 0.1) is 29.0 Å². The zero-order valence-electron chi connectivity index (χ0n) is 18.8. The number of benzene rings is 3. The Bertz CT molecular complexity index is 1390. The fraction of sp³-hybridized carbons (Fsp3) is 0.120. The second-order valence-electron chi connectivity index (χ2n) is 7.56. The number of nitrogens with zero attached hydrogens (tertiary/aromatic N) is 3. The van der Waals surface area contributed by atoms with Crippen molar-refractivity contribution >= 4 is 33.2 Å². The van der Waals surface area contributed by atoms with Gasteiger partial charge in [-0.1, -0.05) is 41.9 Å². The molecule has 4 rings (SSSR count). The van der Waals surface area contributed by atoms with Crippen LogP contribution in [0.25, 0.3) is 5.69 Å². The summed E-state index contributed by atoms with van der Waals surface area (Å²) < 4.78 is 34.9. The van der Waals surface area contributed by atoms with Crippen molar-refractivity contribution in [1.29, 1.82) is 0 Å². The van der Waals surface area contributed by atoms with Crippen LogP contribution in [-0.4, -0.2) is 37.5 Å². The lowest BCUT2D eigenvalue weighted by molar-refractivity contribution is -0.119. The van der Waals surface area contributed by atoms with Gasteiger partial charge in [0.1, 0.15) is 12.3 Å². The number of anilines is 1. The zero-order valence-corrected chi connectivity index (χ0v) is 20.4. The van der Waals surface area contributed by atoms with Crippen LogP contribution in [0.3, 0.4) is 0 Å². The van der Waals surface area contributed by atoms with Crippen molar-refractivity contribution in [3.05, 3.63) is 102 Å². The summed E-state index contributed by atoms with van der Waals surface area (Å²) in [7, 11) is -2.57. The second-order valence-corrected chi connectivity index (χ2v) is 9.83. The van der Waals surface area contributed by atoms with Crippen molar-refractivity contribution in [2.24, 2.45) is 0 Å². The molecule has 180 valence electrons. The van der Waals surface area contributed by atoms with E-state index in [1.807, 2.05) is 35.0 Å². The molecule has 0 spiro atoms. The van der Waals surface area contributed by atoms with Gasteiger partial charge in [0, 0.05) is 24.6 Å². The molecule has 3 aromatic carbocycles. The largest absolute Gasteiger partial charge is 0.495 e. The molecule has 0 saturated heterocycles. The Morgan fingerprint density at radius 1 is 1.09 bits per heavy atom. The molecule has 0 aliphatic heterocycles. The Balaban J connectivity index is 1.52. The van der Waals surface area contributed by atoms with E-state index in [1.165, 1.54) is 25.3 Å². The Kier molecular flexibility index (Phi) is 7.38. The summed E-state index contributed by atoms with van der Waals surface area (Å²) in [6, 6.07) is 20.1. The molecule has 0 saturated carbocycles. The van der Waals surface area contributed by atoms with Crippen molar-refractivity contribution in [1.82, 2.24) is 14.9 Å². The van der Waals surface area contributed by atoms with Gasteiger partial charge < -0.3 is 14.6 Å². The lowest BCUT2D eigenvalue weighted by Gasteiger charge is -2.24. The first-order valence-corrected chi connectivity index (χ1v) is 12.5. The molecule has 0 fully saturated rings. The van der Waals surface area contributed by atoms with E-state index in [9.17, 15) is 13.2 Å². The number of carbonyl (C=O) groups excluding carboxylic acids is 1. The van der Waals surface area contributed by atoms with Crippen LogP contribution in [0.4, 0.5) is 5.69 Å². The summed E-state index contributed by atoms with van der Waals surface area (Å²) >= 11 is 6.24. The van der Waals surface area contributed by atoms with Gasteiger partial charge in [-0.3, -0.25) is 9.10 Å². The Labute approximate surface area is 208 Å². The Morgan fingerprint density at radius 3 is 2.46 bits per heavy atom. The molecule has 8 nitrogen and oxygen atoms in total. The molecule has 0 radical (unpaired) electrons. The highest BCUT2D eigenvalue weighted by molar-refractivity contribution is 7.92. The summed E-state index contributed by atoms with van der Waals surface area (Å²) in [4.78, 5) is 16.9. The molecule has 0 unspecified atom stereocenters. The van der Waals surface area contributed by atoms with Gasteiger partial charge in [-0.25, -0.2) is 13.4 Å². The highest BCUT2D eigenvalue weighted by atomic mass is 35.5. The Morgan fingerprint density at radius 2 is 1.83 bits per heavy atom. The van der Waals surface area contributed by atoms with Crippen LogP contribution < -0.4 is 14.4 Å². The van der Waals surface area contributed by atoms with E-state index < -0.39 is 22.5 Å². The van der Waals surface area contributed by atoms with Gasteiger partial charge in [0.2, 0.25) is 5.91 Å². The minimum absolute atomic E-state index is 0.0647. The first kappa shape index (κ1) is 24.3. The molecule has 4 aromatic rings. The Hall–Kier alpha value is -3.82. The van der Waals surface area contributed by atoms with Crippen LogP contribution in [0.15, 0.2) is 96.4 Å². The summed E-state index contributed by atoms with van der Waals surface area (Å²) in [5.41, 5.74) is 2.06. The average Bonchev–Trinajstić information content (AvgIpc) is 3.42. The maximum absolute atomic E-state index is 13.4. The minimum Gasteiger partial charge on any atom is -0.495 e. The monoisotopic (exact) mass is 510 g/mol. The van der Waals surface area contributed by atoms with E-state index in [1.54, 1.807) is 42.9 Å². The quantitative estimate of drug-likeness (QED) is 0.367. The molecule has 1 aromatic heterocycles.